The van der Waals surface area contributed by atoms with Crippen LogP contribution in [0.25, 0.3) is 0 Å². The Morgan fingerprint density at radius 1 is 1.56 bits per heavy atom. The van der Waals surface area contributed by atoms with Crippen molar-refractivity contribution in [2.75, 3.05) is 19.7 Å². The van der Waals surface area contributed by atoms with Gasteiger partial charge in [0.1, 0.15) is 0 Å². The zero-order valence-electron chi connectivity index (χ0n) is 10.1. The molecule has 2 heterocycles. The lowest BCUT2D eigenvalue weighted by atomic mass is 10.2. The van der Waals surface area contributed by atoms with Gasteiger partial charge in [-0.3, -0.25) is 9.59 Å². The molecule has 0 spiro atoms. The summed E-state index contributed by atoms with van der Waals surface area (Å²) in [6, 6.07) is 3.72. The Hall–Kier alpha value is -1.40. The van der Waals surface area contributed by atoms with E-state index in [1.807, 2.05) is 19.1 Å². The Morgan fingerprint density at radius 2 is 2.33 bits per heavy atom. The van der Waals surface area contributed by atoms with Crippen molar-refractivity contribution in [3.8, 4) is 0 Å². The maximum Gasteiger partial charge on any atom is 0.306 e. The summed E-state index contributed by atoms with van der Waals surface area (Å²) in [6.45, 7) is 3.22. The van der Waals surface area contributed by atoms with E-state index >= 15 is 0 Å². The minimum atomic E-state index is -0.902. The first-order valence-electron chi connectivity index (χ1n) is 5.75. The van der Waals surface area contributed by atoms with Gasteiger partial charge in [-0.05, 0) is 19.1 Å². The highest BCUT2D eigenvalue weighted by atomic mass is 32.1. The first-order chi connectivity index (χ1) is 8.56. The maximum atomic E-state index is 12.2. The third-order valence-electron chi connectivity index (χ3n) is 2.78. The Morgan fingerprint density at radius 3 is 2.94 bits per heavy atom. The van der Waals surface area contributed by atoms with Gasteiger partial charge in [0.2, 0.25) is 0 Å². The van der Waals surface area contributed by atoms with Crippen LogP contribution in [0.5, 0.6) is 0 Å². The number of carboxylic acids is 1. The summed E-state index contributed by atoms with van der Waals surface area (Å²) in [5.41, 5.74) is 0. The van der Waals surface area contributed by atoms with Crippen LogP contribution in [0.4, 0.5) is 0 Å². The molecule has 0 bridgehead atoms. The molecule has 5 nitrogen and oxygen atoms in total. The van der Waals surface area contributed by atoms with E-state index in [1.165, 1.54) is 11.3 Å². The lowest BCUT2D eigenvalue weighted by Crippen LogP contribution is -2.46. The van der Waals surface area contributed by atoms with E-state index in [4.69, 9.17) is 9.84 Å². The maximum absolute atomic E-state index is 12.2. The molecule has 0 aromatic carbocycles. The number of ether oxygens (including phenoxy) is 1. The van der Waals surface area contributed by atoms with Crippen LogP contribution in [-0.4, -0.2) is 47.7 Å². The second-order valence-electron chi connectivity index (χ2n) is 4.25. The van der Waals surface area contributed by atoms with E-state index in [2.05, 4.69) is 0 Å². The fourth-order valence-corrected chi connectivity index (χ4v) is 2.76. The zero-order valence-corrected chi connectivity index (χ0v) is 10.9. The third-order valence-corrected chi connectivity index (χ3v) is 3.77. The van der Waals surface area contributed by atoms with Crippen molar-refractivity contribution >= 4 is 23.2 Å². The number of thiophene rings is 1. The highest BCUT2D eigenvalue weighted by molar-refractivity contribution is 7.13. The quantitative estimate of drug-likeness (QED) is 0.900. The molecule has 1 fully saturated rings. The van der Waals surface area contributed by atoms with Crippen LogP contribution in [0.3, 0.4) is 0 Å². The number of rotatable bonds is 3. The van der Waals surface area contributed by atoms with Crippen molar-refractivity contribution < 1.29 is 19.4 Å². The van der Waals surface area contributed by atoms with E-state index < -0.39 is 12.1 Å². The first kappa shape index (κ1) is 13.0. The molecule has 0 aliphatic carbocycles. The van der Waals surface area contributed by atoms with Crippen LogP contribution < -0.4 is 0 Å². The van der Waals surface area contributed by atoms with Gasteiger partial charge in [0, 0.05) is 18.0 Å². The number of carboxylic acid groups (broad SMARTS) is 1. The normalized spacial score (nSPS) is 19.8. The molecule has 1 aromatic rings. The second-order valence-corrected chi connectivity index (χ2v) is 5.54. The summed E-state index contributed by atoms with van der Waals surface area (Å²) < 4.78 is 5.34. The monoisotopic (exact) mass is 269 g/mol. The van der Waals surface area contributed by atoms with Crippen molar-refractivity contribution in [2.45, 2.75) is 19.4 Å². The van der Waals surface area contributed by atoms with Crippen LogP contribution >= 0.6 is 11.3 Å². The molecule has 1 amide bonds. The van der Waals surface area contributed by atoms with Crippen LogP contribution in [0.2, 0.25) is 0 Å². The lowest BCUT2D eigenvalue weighted by molar-refractivity contribution is -0.141. The Labute approximate surface area is 109 Å². The molecule has 1 aliphatic rings. The minimum absolute atomic E-state index is 0.0354. The number of carbonyl (C=O) groups is 2. The second kappa shape index (κ2) is 5.49. The molecule has 1 aromatic heterocycles. The standard InChI is InChI=1S/C12H15NO4S/c1-8-2-3-10(18-8)12(16)13-4-5-17-9(7-13)6-11(14)15/h2-3,9H,4-7H2,1H3,(H,14,15). The zero-order chi connectivity index (χ0) is 13.1. The molecule has 18 heavy (non-hydrogen) atoms. The number of aliphatic carboxylic acids is 1. The van der Waals surface area contributed by atoms with E-state index in [-0.39, 0.29) is 12.3 Å². The SMILES string of the molecule is Cc1ccc(C(=O)N2CCOC(CC(=O)O)C2)s1. The Bertz CT molecular complexity index is 457. The average Bonchev–Trinajstić information content (AvgIpc) is 2.74. The third kappa shape index (κ3) is 3.08. The van der Waals surface area contributed by atoms with Gasteiger partial charge in [0.15, 0.2) is 0 Å². The van der Waals surface area contributed by atoms with Crippen LogP contribution in [0.1, 0.15) is 21.0 Å². The Balaban J connectivity index is 2.00. The van der Waals surface area contributed by atoms with Gasteiger partial charge in [0.25, 0.3) is 5.91 Å². The molecule has 6 heteroatoms. The highest BCUT2D eigenvalue weighted by Gasteiger charge is 2.27. The van der Waals surface area contributed by atoms with E-state index in [0.717, 1.165) is 4.88 Å². The number of morpholine rings is 1. The van der Waals surface area contributed by atoms with Crippen molar-refractivity contribution in [1.29, 1.82) is 0 Å². The van der Waals surface area contributed by atoms with Gasteiger partial charge < -0.3 is 14.7 Å². The molecule has 0 saturated carbocycles. The predicted octanol–water partition coefficient (Wildman–Crippen LogP) is 1.37. The van der Waals surface area contributed by atoms with Gasteiger partial charge in [0.05, 0.1) is 24.0 Å². The van der Waals surface area contributed by atoms with Crippen molar-refractivity contribution in [3.05, 3.63) is 21.9 Å². The molecule has 2 rings (SSSR count). The fourth-order valence-electron chi connectivity index (χ4n) is 1.93. The van der Waals surface area contributed by atoms with Gasteiger partial charge in [-0.25, -0.2) is 0 Å². The van der Waals surface area contributed by atoms with E-state index in [1.54, 1.807) is 4.90 Å². The summed E-state index contributed by atoms with van der Waals surface area (Å²) in [5, 5.41) is 8.73. The summed E-state index contributed by atoms with van der Waals surface area (Å²) in [7, 11) is 0. The molecular weight excluding hydrogens is 254 g/mol. The number of hydrogen-bond acceptors (Lipinski definition) is 4. The molecule has 1 N–H and O–H groups in total. The van der Waals surface area contributed by atoms with Gasteiger partial charge in [-0.1, -0.05) is 0 Å². The van der Waals surface area contributed by atoms with Crippen molar-refractivity contribution in [3.63, 3.8) is 0 Å². The van der Waals surface area contributed by atoms with E-state index in [0.29, 0.717) is 24.6 Å². The molecule has 1 aliphatic heterocycles. The minimum Gasteiger partial charge on any atom is -0.481 e. The Kier molecular flexibility index (Phi) is 3.98. The molecule has 1 unspecified atom stereocenters. The number of nitrogens with zero attached hydrogens (tertiary/aromatic N) is 1. The summed E-state index contributed by atoms with van der Waals surface area (Å²) in [5.74, 6) is -0.937. The molecular formula is C12H15NO4S. The van der Waals surface area contributed by atoms with Crippen LogP contribution in [-0.2, 0) is 9.53 Å². The molecule has 1 atom stereocenters. The van der Waals surface area contributed by atoms with Gasteiger partial charge >= 0.3 is 5.97 Å². The number of carbonyl (C=O) groups excluding carboxylic acids is 1. The highest BCUT2D eigenvalue weighted by Crippen LogP contribution is 2.19. The van der Waals surface area contributed by atoms with Crippen molar-refractivity contribution in [2.24, 2.45) is 0 Å². The van der Waals surface area contributed by atoms with Crippen LogP contribution in [0.15, 0.2) is 12.1 Å². The molecule has 0 radical (unpaired) electrons. The van der Waals surface area contributed by atoms with E-state index in [9.17, 15) is 9.59 Å². The summed E-state index contributed by atoms with van der Waals surface area (Å²) in [6.07, 6.45) is -0.464. The summed E-state index contributed by atoms with van der Waals surface area (Å²) in [4.78, 5) is 26.3. The average molecular weight is 269 g/mol. The molecule has 1 saturated heterocycles. The molecule has 98 valence electrons. The number of aryl methyl sites for hydroxylation is 1. The topological polar surface area (TPSA) is 66.8 Å². The van der Waals surface area contributed by atoms with Crippen molar-refractivity contribution in [1.82, 2.24) is 4.90 Å². The largest absolute Gasteiger partial charge is 0.481 e. The summed E-state index contributed by atoms with van der Waals surface area (Å²) >= 11 is 1.46. The van der Waals surface area contributed by atoms with Gasteiger partial charge in [-0.15, -0.1) is 11.3 Å². The predicted molar refractivity (Wildman–Crippen MR) is 67.0 cm³/mol. The van der Waals surface area contributed by atoms with Crippen LogP contribution in [0, 0.1) is 6.92 Å². The lowest BCUT2D eigenvalue weighted by Gasteiger charge is -2.32. The number of hydrogen-bond donors (Lipinski definition) is 1. The number of amides is 1. The fraction of sp³-hybridized carbons (Fsp3) is 0.500. The smallest absolute Gasteiger partial charge is 0.306 e. The first-order valence-corrected chi connectivity index (χ1v) is 6.57. The van der Waals surface area contributed by atoms with Gasteiger partial charge in [-0.2, -0.15) is 0 Å².